The van der Waals surface area contributed by atoms with Gasteiger partial charge in [0.25, 0.3) is 0 Å². The molecule has 0 aliphatic heterocycles. The number of alkyl halides is 1. The number of nitrogens with zero attached hydrogens (tertiary/aromatic N) is 2. The van der Waals surface area contributed by atoms with E-state index in [2.05, 4.69) is 30.7 Å². The third-order valence-corrected chi connectivity index (χ3v) is 3.38. The van der Waals surface area contributed by atoms with Crippen LogP contribution in [0.1, 0.15) is 37.7 Å². The first-order valence-corrected chi connectivity index (χ1v) is 7.51. The molecule has 0 aliphatic carbocycles. The van der Waals surface area contributed by atoms with Crippen LogP contribution in [0.4, 0.5) is 4.39 Å². The second kappa shape index (κ2) is 6.10. The molecule has 0 amide bonds. The largest absolute Gasteiger partial charge is 0.253 e. The molecule has 0 saturated heterocycles. The van der Waals surface area contributed by atoms with Crippen molar-refractivity contribution in [3.63, 3.8) is 0 Å². The summed E-state index contributed by atoms with van der Waals surface area (Å²) in [5.41, 5.74) is 3.66. The van der Waals surface area contributed by atoms with Crippen molar-refractivity contribution >= 4 is 11.6 Å². The van der Waals surface area contributed by atoms with Gasteiger partial charge < -0.3 is 0 Å². The van der Waals surface area contributed by atoms with Gasteiger partial charge in [-0.2, -0.15) is 0 Å². The Hall–Kier alpha value is -1.48. The molecule has 0 atom stereocenters. The predicted molar refractivity (Wildman–Crippen MR) is 84.9 cm³/mol. The lowest BCUT2D eigenvalue weighted by molar-refractivity contribution is 0.406. The van der Waals surface area contributed by atoms with Crippen LogP contribution >= 0.6 is 11.6 Å². The van der Waals surface area contributed by atoms with Crippen LogP contribution in [-0.2, 0) is 12.3 Å². The molecule has 112 valence electrons. The van der Waals surface area contributed by atoms with E-state index in [1.165, 1.54) is 6.07 Å². The van der Waals surface area contributed by atoms with Crippen LogP contribution in [-0.4, -0.2) is 9.97 Å². The van der Waals surface area contributed by atoms with Crippen LogP contribution in [0.15, 0.2) is 24.4 Å². The van der Waals surface area contributed by atoms with Crippen LogP contribution in [0.5, 0.6) is 0 Å². The zero-order chi connectivity index (χ0) is 15.6. The first kappa shape index (κ1) is 15.9. The lowest BCUT2D eigenvalue weighted by Crippen LogP contribution is -2.13. The summed E-state index contributed by atoms with van der Waals surface area (Å²) < 4.78 is 14.2. The molecule has 0 aliphatic rings. The topological polar surface area (TPSA) is 25.8 Å². The normalized spacial score (nSPS) is 11.7. The zero-order valence-electron chi connectivity index (χ0n) is 12.9. The van der Waals surface area contributed by atoms with E-state index in [1.54, 1.807) is 12.3 Å². The summed E-state index contributed by atoms with van der Waals surface area (Å²) in [6.45, 7) is 8.31. The highest BCUT2D eigenvalue weighted by Gasteiger charge is 2.19. The molecule has 0 fully saturated rings. The highest BCUT2D eigenvalue weighted by molar-refractivity contribution is 6.16. The van der Waals surface area contributed by atoms with Crippen LogP contribution in [0, 0.1) is 18.2 Å². The Morgan fingerprint density at radius 2 is 1.95 bits per heavy atom. The van der Waals surface area contributed by atoms with E-state index >= 15 is 0 Å². The van der Waals surface area contributed by atoms with Crippen LogP contribution in [0.2, 0.25) is 0 Å². The van der Waals surface area contributed by atoms with Gasteiger partial charge in [-0.15, -0.1) is 11.6 Å². The fraction of sp³-hybridized carbons (Fsp3) is 0.412. The van der Waals surface area contributed by atoms with Crippen LogP contribution < -0.4 is 0 Å². The number of benzene rings is 1. The van der Waals surface area contributed by atoms with Crippen molar-refractivity contribution in [2.24, 2.45) is 5.41 Å². The third-order valence-electron chi connectivity index (χ3n) is 3.11. The Labute approximate surface area is 130 Å². The van der Waals surface area contributed by atoms with Crippen molar-refractivity contribution in [2.45, 2.75) is 40.0 Å². The van der Waals surface area contributed by atoms with E-state index in [0.717, 1.165) is 11.3 Å². The lowest BCUT2D eigenvalue weighted by atomic mass is 9.88. The molecule has 2 aromatic rings. The molecule has 0 saturated carbocycles. The molecule has 0 radical (unpaired) electrons. The fourth-order valence-electron chi connectivity index (χ4n) is 2.20. The van der Waals surface area contributed by atoms with Crippen molar-refractivity contribution in [3.8, 4) is 11.3 Å². The Balaban J connectivity index is 2.59. The molecule has 1 aromatic carbocycles. The smallest absolute Gasteiger partial charge is 0.132 e. The summed E-state index contributed by atoms with van der Waals surface area (Å²) in [5.74, 6) is 0.0319. The van der Waals surface area contributed by atoms with Gasteiger partial charge in [0.05, 0.1) is 29.2 Å². The molecule has 4 heteroatoms. The highest BCUT2D eigenvalue weighted by Crippen LogP contribution is 2.29. The van der Waals surface area contributed by atoms with E-state index in [-0.39, 0.29) is 11.2 Å². The average molecular weight is 307 g/mol. The molecule has 0 unspecified atom stereocenters. The van der Waals surface area contributed by atoms with E-state index < -0.39 is 0 Å². The van der Waals surface area contributed by atoms with Crippen LogP contribution in [0.3, 0.4) is 0 Å². The molecule has 0 spiro atoms. The second-order valence-electron chi connectivity index (χ2n) is 6.51. The Morgan fingerprint density at radius 3 is 2.57 bits per heavy atom. The maximum absolute atomic E-state index is 14.2. The summed E-state index contributed by atoms with van der Waals surface area (Å²) in [4.78, 5) is 8.98. The van der Waals surface area contributed by atoms with Crippen molar-refractivity contribution in [1.82, 2.24) is 9.97 Å². The summed E-state index contributed by atoms with van der Waals surface area (Å²) >= 11 is 5.85. The summed E-state index contributed by atoms with van der Waals surface area (Å²) in [6.07, 6.45) is 2.34. The molecular weight excluding hydrogens is 287 g/mol. The molecule has 21 heavy (non-hydrogen) atoms. The monoisotopic (exact) mass is 306 g/mol. The standard InChI is InChI=1S/C17H20ClFN2/c1-11-5-6-14(19)13(7-11)16-15(8-17(2,3)4)21-12(9-18)10-20-16/h5-7,10H,8-9H2,1-4H3. The maximum Gasteiger partial charge on any atom is 0.132 e. The van der Waals surface area contributed by atoms with Gasteiger partial charge in [0.15, 0.2) is 0 Å². The Morgan fingerprint density at radius 1 is 1.24 bits per heavy atom. The predicted octanol–water partition coefficient (Wildman–Crippen LogP) is 4.92. The minimum absolute atomic E-state index is 0.0364. The number of rotatable bonds is 3. The molecule has 1 aromatic heterocycles. The summed E-state index contributed by atoms with van der Waals surface area (Å²) in [7, 11) is 0. The minimum Gasteiger partial charge on any atom is -0.253 e. The molecule has 1 heterocycles. The van der Waals surface area contributed by atoms with E-state index in [1.807, 2.05) is 13.0 Å². The molecule has 0 N–H and O–H groups in total. The van der Waals surface area contributed by atoms with Gasteiger partial charge in [0, 0.05) is 5.56 Å². The van der Waals surface area contributed by atoms with Crippen molar-refractivity contribution in [3.05, 3.63) is 47.2 Å². The zero-order valence-corrected chi connectivity index (χ0v) is 13.6. The van der Waals surface area contributed by atoms with Crippen LogP contribution in [0.25, 0.3) is 11.3 Å². The highest BCUT2D eigenvalue weighted by atomic mass is 35.5. The number of aromatic nitrogens is 2. The Bertz CT molecular complexity index is 648. The van der Waals surface area contributed by atoms with Gasteiger partial charge in [0.2, 0.25) is 0 Å². The first-order valence-electron chi connectivity index (χ1n) is 6.97. The van der Waals surface area contributed by atoms with E-state index in [0.29, 0.717) is 29.3 Å². The van der Waals surface area contributed by atoms with E-state index in [9.17, 15) is 4.39 Å². The van der Waals surface area contributed by atoms with Gasteiger partial charge in [-0.25, -0.2) is 4.39 Å². The third kappa shape index (κ3) is 4.01. The summed E-state index contributed by atoms with van der Waals surface area (Å²) in [5, 5.41) is 0. The number of aryl methyl sites for hydroxylation is 1. The summed E-state index contributed by atoms with van der Waals surface area (Å²) in [6, 6.07) is 5.04. The van der Waals surface area contributed by atoms with Gasteiger partial charge >= 0.3 is 0 Å². The average Bonchev–Trinajstić information content (AvgIpc) is 2.40. The number of halogens is 2. The molecule has 2 rings (SSSR count). The fourth-order valence-corrected chi connectivity index (χ4v) is 2.33. The maximum atomic E-state index is 14.2. The minimum atomic E-state index is -0.274. The van der Waals surface area contributed by atoms with Crippen molar-refractivity contribution < 1.29 is 4.39 Å². The number of hydrogen-bond donors (Lipinski definition) is 0. The van der Waals surface area contributed by atoms with Gasteiger partial charge in [0.1, 0.15) is 5.82 Å². The van der Waals surface area contributed by atoms with Gasteiger partial charge in [-0.05, 0) is 30.9 Å². The van der Waals surface area contributed by atoms with Gasteiger partial charge in [-0.3, -0.25) is 9.97 Å². The van der Waals surface area contributed by atoms with Crippen molar-refractivity contribution in [1.29, 1.82) is 0 Å². The number of hydrogen-bond acceptors (Lipinski definition) is 2. The quantitative estimate of drug-likeness (QED) is 0.752. The molecule has 0 bridgehead atoms. The molecule has 2 nitrogen and oxygen atoms in total. The van der Waals surface area contributed by atoms with Gasteiger partial charge in [-0.1, -0.05) is 32.4 Å². The SMILES string of the molecule is Cc1ccc(F)c(-c2ncc(CCl)nc2CC(C)(C)C)c1. The first-order chi connectivity index (χ1) is 9.80. The van der Waals surface area contributed by atoms with Crippen molar-refractivity contribution in [2.75, 3.05) is 0 Å². The van der Waals surface area contributed by atoms with E-state index in [4.69, 9.17) is 11.6 Å². The second-order valence-corrected chi connectivity index (χ2v) is 6.78. The lowest BCUT2D eigenvalue weighted by Gasteiger charge is -2.20. The molecular formula is C17H20ClFN2. The Kier molecular flexibility index (Phi) is 4.62.